The second-order valence-electron chi connectivity index (χ2n) is 8.38. The normalized spacial score (nSPS) is 27.5. The Morgan fingerprint density at radius 1 is 1.19 bits per heavy atom. The highest BCUT2D eigenvalue weighted by atomic mass is 19.1. The van der Waals surface area contributed by atoms with Crippen LogP contribution >= 0.6 is 0 Å². The van der Waals surface area contributed by atoms with E-state index in [1.165, 1.54) is 0 Å². The Labute approximate surface area is 180 Å². The van der Waals surface area contributed by atoms with Crippen LogP contribution in [-0.4, -0.2) is 56.3 Å². The predicted molar refractivity (Wildman–Crippen MR) is 112 cm³/mol. The van der Waals surface area contributed by atoms with Crippen molar-refractivity contribution in [2.45, 2.75) is 51.7 Å². The van der Waals surface area contributed by atoms with Gasteiger partial charge in [0, 0.05) is 18.7 Å². The molecule has 0 radical (unpaired) electrons. The zero-order valence-corrected chi connectivity index (χ0v) is 18.1. The fourth-order valence-corrected chi connectivity index (χ4v) is 4.74. The van der Waals surface area contributed by atoms with Crippen LogP contribution < -0.4 is 9.80 Å². The van der Waals surface area contributed by atoms with E-state index in [1.807, 2.05) is 29.7 Å². The number of ether oxygens (including phenoxy) is 4. The minimum atomic E-state index is -0.648. The summed E-state index contributed by atoms with van der Waals surface area (Å²) in [6.45, 7) is 12.6. The van der Waals surface area contributed by atoms with Crippen LogP contribution in [0.15, 0.2) is 23.1 Å². The number of aromatic nitrogens is 1. The molecule has 3 aliphatic rings. The Hall–Kier alpha value is -2.36. The van der Waals surface area contributed by atoms with Crippen molar-refractivity contribution in [3.05, 3.63) is 29.9 Å². The molecule has 3 aliphatic heterocycles. The van der Waals surface area contributed by atoms with E-state index >= 15 is 4.39 Å². The number of benzene rings is 1. The molecular weight excluding hydrogens is 405 g/mol. The van der Waals surface area contributed by atoms with Crippen LogP contribution in [0.2, 0.25) is 0 Å². The van der Waals surface area contributed by atoms with E-state index in [1.54, 1.807) is 0 Å². The molecule has 3 saturated heterocycles. The van der Waals surface area contributed by atoms with Gasteiger partial charge in [-0.2, -0.15) is 0 Å². The lowest BCUT2D eigenvalue weighted by Crippen LogP contribution is -2.46. The zero-order valence-electron chi connectivity index (χ0n) is 18.1. The number of nitrogens with zero attached hydrogens (tertiary/aromatic N) is 3. The highest BCUT2D eigenvalue weighted by Crippen LogP contribution is 2.43. The number of fused-ring (bicyclic) bond motifs is 1. The van der Waals surface area contributed by atoms with Gasteiger partial charge >= 0.3 is 0 Å². The molecule has 0 N–H and O–H groups in total. The lowest BCUT2D eigenvalue weighted by Gasteiger charge is -2.38. The van der Waals surface area contributed by atoms with Gasteiger partial charge in [-0.05, 0) is 32.9 Å². The molecule has 0 amide bonds. The molecular formula is C22H28FN3O5. The Balaban J connectivity index is 1.66. The molecule has 3 fully saturated rings. The Morgan fingerprint density at radius 2 is 1.90 bits per heavy atom. The minimum Gasteiger partial charge on any atom is -0.477 e. The fraction of sp³-hybridized carbons (Fsp3) is 0.591. The van der Waals surface area contributed by atoms with Gasteiger partial charge in [-0.15, -0.1) is 0 Å². The second-order valence-corrected chi connectivity index (χ2v) is 8.38. The molecule has 2 aromatic rings. The number of hydrogen-bond acceptors (Lipinski definition) is 8. The molecule has 3 atom stereocenters. The number of anilines is 2. The van der Waals surface area contributed by atoms with Gasteiger partial charge in [0.15, 0.2) is 23.8 Å². The van der Waals surface area contributed by atoms with Crippen LogP contribution in [-0.2, 0) is 18.9 Å². The van der Waals surface area contributed by atoms with E-state index in [0.29, 0.717) is 61.2 Å². The van der Waals surface area contributed by atoms with Crippen molar-refractivity contribution in [2.24, 2.45) is 0 Å². The van der Waals surface area contributed by atoms with Gasteiger partial charge in [-0.1, -0.05) is 12.1 Å². The van der Waals surface area contributed by atoms with E-state index < -0.39 is 12.1 Å². The maximum Gasteiger partial charge on any atom is 0.206 e. The first-order valence-corrected chi connectivity index (χ1v) is 10.8. The SMILES string of the molecule is C=C1OC[C@@H](CC)N1c1noc2c(F)c(N3C[C@@H](C)O[C@@H](C)C3)c(C3OCCO3)cc12. The first-order valence-electron chi connectivity index (χ1n) is 10.8. The van der Waals surface area contributed by atoms with E-state index in [-0.39, 0.29) is 23.8 Å². The largest absolute Gasteiger partial charge is 0.477 e. The molecule has 0 aliphatic carbocycles. The maximum atomic E-state index is 16.0. The Kier molecular flexibility index (Phi) is 5.27. The lowest BCUT2D eigenvalue weighted by atomic mass is 10.0. The zero-order chi connectivity index (χ0) is 21.7. The molecule has 0 bridgehead atoms. The fourth-order valence-electron chi connectivity index (χ4n) is 4.74. The van der Waals surface area contributed by atoms with Crippen LogP contribution in [0, 0.1) is 5.82 Å². The van der Waals surface area contributed by atoms with Gasteiger partial charge < -0.3 is 28.4 Å². The summed E-state index contributed by atoms with van der Waals surface area (Å²) in [5.74, 6) is 0.514. The van der Waals surface area contributed by atoms with Crippen molar-refractivity contribution in [1.29, 1.82) is 0 Å². The highest BCUT2D eigenvalue weighted by molar-refractivity contribution is 5.93. The number of morpholine rings is 1. The molecule has 5 rings (SSSR count). The van der Waals surface area contributed by atoms with E-state index in [9.17, 15) is 0 Å². The van der Waals surface area contributed by atoms with Gasteiger partial charge in [0.1, 0.15) is 6.61 Å². The summed E-state index contributed by atoms with van der Waals surface area (Å²) in [6.07, 6.45) is 0.125. The average Bonchev–Trinajstić information content (AvgIpc) is 3.46. The molecule has 9 heteroatoms. The molecule has 168 valence electrons. The van der Waals surface area contributed by atoms with Crippen molar-refractivity contribution in [3.63, 3.8) is 0 Å². The van der Waals surface area contributed by atoms with Crippen molar-refractivity contribution in [3.8, 4) is 0 Å². The number of halogens is 1. The summed E-state index contributed by atoms with van der Waals surface area (Å²) in [5, 5.41) is 4.77. The standard InChI is InChI=1S/C22H28FN3O5/c1-5-15-11-29-14(4)26(15)21-17-8-16(22-27-6-7-28-22)19(18(23)20(17)31-24-21)25-9-12(2)30-13(3)10-25/h8,12-13,15,22H,4-7,9-11H2,1-3H3/t12-,13+,15-/m1/s1. The number of hydrogen-bond donors (Lipinski definition) is 0. The molecule has 0 spiro atoms. The van der Waals surface area contributed by atoms with Crippen molar-refractivity contribution >= 4 is 22.5 Å². The van der Waals surface area contributed by atoms with E-state index in [2.05, 4.69) is 18.7 Å². The third kappa shape index (κ3) is 3.44. The summed E-state index contributed by atoms with van der Waals surface area (Å²) in [4.78, 5) is 3.87. The molecule has 1 aromatic carbocycles. The monoisotopic (exact) mass is 433 g/mol. The van der Waals surface area contributed by atoms with Crippen LogP contribution in [0.5, 0.6) is 0 Å². The van der Waals surface area contributed by atoms with Crippen LogP contribution in [0.25, 0.3) is 11.0 Å². The van der Waals surface area contributed by atoms with Gasteiger partial charge in [0.2, 0.25) is 5.58 Å². The van der Waals surface area contributed by atoms with Crippen LogP contribution in [0.4, 0.5) is 15.9 Å². The summed E-state index contributed by atoms with van der Waals surface area (Å²) in [6, 6.07) is 1.94. The topological polar surface area (TPSA) is 69.4 Å². The van der Waals surface area contributed by atoms with Crippen LogP contribution in [0.1, 0.15) is 39.0 Å². The summed E-state index contributed by atoms with van der Waals surface area (Å²) >= 11 is 0. The molecule has 31 heavy (non-hydrogen) atoms. The lowest BCUT2D eigenvalue weighted by molar-refractivity contribution is -0.0445. The maximum absolute atomic E-state index is 16.0. The summed E-state index contributed by atoms with van der Waals surface area (Å²) in [7, 11) is 0. The van der Waals surface area contributed by atoms with Gasteiger partial charge in [0.25, 0.3) is 0 Å². The summed E-state index contributed by atoms with van der Waals surface area (Å²) < 4.78 is 44.6. The smallest absolute Gasteiger partial charge is 0.206 e. The third-order valence-corrected chi connectivity index (χ3v) is 6.08. The molecule has 8 nitrogen and oxygen atoms in total. The molecule has 0 unspecified atom stereocenters. The van der Waals surface area contributed by atoms with Gasteiger partial charge in [0.05, 0.1) is 42.5 Å². The quantitative estimate of drug-likeness (QED) is 0.723. The van der Waals surface area contributed by atoms with Gasteiger partial charge in [-0.3, -0.25) is 4.90 Å². The average molecular weight is 433 g/mol. The predicted octanol–water partition coefficient (Wildman–Crippen LogP) is 3.71. The summed E-state index contributed by atoms with van der Waals surface area (Å²) in [5.41, 5.74) is 1.16. The van der Waals surface area contributed by atoms with E-state index in [0.717, 1.165) is 6.42 Å². The Bertz CT molecular complexity index is 979. The van der Waals surface area contributed by atoms with Crippen molar-refractivity contribution < 1.29 is 27.9 Å². The molecule has 4 heterocycles. The second kappa shape index (κ2) is 7.96. The van der Waals surface area contributed by atoms with Gasteiger partial charge in [-0.25, -0.2) is 4.39 Å². The first-order chi connectivity index (χ1) is 15.0. The minimum absolute atomic E-state index is 0.0298. The third-order valence-electron chi connectivity index (χ3n) is 6.08. The Morgan fingerprint density at radius 3 is 2.58 bits per heavy atom. The van der Waals surface area contributed by atoms with Crippen molar-refractivity contribution in [2.75, 3.05) is 42.7 Å². The van der Waals surface area contributed by atoms with Crippen LogP contribution in [0.3, 0.4) is 0 Å². The number of rotatable bonds is 4. The highest BCUT2D eigenvalue weighted by Gasteiger charge is 2.37. The molecule has 0 saturated carbocycles. The first kappa shape index (κ1) is 20.5. The van der Waals surface area contributed by atoms with Crippen molar-refractivity contribution in [1.82, 2.24) is 5.16 Å². The molecule has 1 aromatic heterocycles. The van der Waals surface area contributed by atoms with E-state index in [4.69, 9.17) is 23.5 Å².